The number of hydrogen-bond acceptors (Lipinski definition) is 3. The molecule has 3 nitrogen and oxygen atoms in total. The van der Waals surface area contributed by atoms with Crippen LogP contribution in [0.25, 0.3) is 0 Å². The third-order valence-electron chi connectivity index (χ3n) is 2.72. The number of esters is 1. The van der Waals surface area contributed by atoms with Gasteiger partial charge in [0.2, 0.25) is 0 Å². The van der Waals surface area contributed by atoms with Crippen LogP contribution >= 0.6 is 0 Å². The van der Waals surface area contributed by atoms with Crippen molar-refractivity contribution in [3.05, 3.63) is 0 Å². The minimum absolute atomic E-state index is 0.0790. The number of nitrogens with zero attached hydrogens (tertiary/aromatic N) is 1. The highest BCUT2D eigenvalue weighted by molar-refractivity contribution is 5.71. The summed E-state index contributed by atoms with van der Waals surface area (Å²) in [4.78, 5) is 13.4. The topological polar surface area (TPSA) is 29.5 Å². The summed E-state index contributed by atoms with van der Waals surface area (Å²) >= 11 is 0. The molecule has 1 atom stereocenters. The first-order valence-electron chi connectivity index (χ1n) is 5.64. The summed E-state index contributed by atoms with van der Waals surface area (Å²) in [5.41, 5.74) is 0. The van der Waals surface area contributed by atoms with E-state index in [0.717, 1.165) is 19.0 Å². The zero-order chi connectivity index (χ0) is 10.4. The van der Waals surface area contributed by atoms with Gasteiger partial charge in [-0.25, -0.2) is 0 Å². The Morgan fingerprint density at radius 1 is 1.50 bits per heavy atom. The number of likely N-dealkylation sites (tertiary alicyclic amines) is 1. The standard InChI is InChI=1S/C11H21NO2/c1-3-5-10-6-7-12(8-10)9-11(13)14-4-2/h10H,3-9H2,1-2H3. The molecule has 1 saturated heterocycles. The highest BCUT2D eigenvalue weighted by atomic mass is 16.5. The van der Waals surface area contributed by atoms with E-state index in [0.29, 0.717) is 13.2 Å². The Labute approximate surface area is 86.4 Å². The summed E-state index contributed by atoms with van der Waals surface area (Å²) in [7, 11) is 0. The molecule has 0 aromatic rings. The van der Waals surface area contributed by atoms with Gasteiger partial charge in [0.15, 0.2) is 0 Å². The van der Waals surface area contributed by atoms with E-state index in [-0.39, 0.29) is 5.97 Å². The molecule has 82 valence electrons. The molecule has 0 aromatic carbocycles. The maximum atomic E-state index is 11.2. The first kappa shape index (κ1) is 11.5. The molecule has 1 aliphatic rings. The SMILES string of the molecule is CCCC1CCN(CC(=O)OCC)C1. The van der Waals surface area contributed by atoms with Crippen molar-refractivity contribution >= 4 is 5.97 Å². The summed E-state index contributed by atoms with van der Waals surface area (Å²) in [5.74, 6) is 0.721. The number of ether oxygens (including phenoxy) is 1. The van der Waals surface area contributed by atoms with Gasteiger partial charge < -0.3 is 4.74 Å². The van der Waals surface area contributed by atoms with E-state index in [1.54, 1.807) is 0 Å². The molecule has 0 bridgehead atoms. The summed E-state index contributed by atoms with van der Waals surface area (Å²) < 4.78 is 4.92. The lowest BCUT2D eigenvalue weighted by Crippen LogP contribution is -2.29. The van der Waals surface area contributed by atoms with Crippen molar-refractivity contribution in [1.82, 2.24) is 4.90 Å². The second kappa shape index (κ2) is 6.02. The van der Waals surface area contributed by atoms with Crippen molar-refractivity contribution in [2.45, 2.75) is 33.1 Å². The van der Waals surface area contributed by atoms with E-state index in [4.69, 9.17) is 4.74 Å². The predicted molar refractivity (Wildman–Crippen MR) is 56.1 cm³/mol. The molecule has 1 unspecified atom stereocenters. The Kier molecular flexibility index (Phi) is 4.94. The largest absolute Gasteiger partial charge is 0.465 e. The van der Waals surface area contributed by atoms with Crippen LogP contribution in [0, 0.1) is 5.92 Å². The quantitative estimate of drug-likeness (QED) is 0.631. The van der Waals surface area contributed by atoms with Gasteiger partial charge in [0, 0.05) is 6.54 Å². The Morgan fingerprint density at radius 2 is 2.29 bits per heavy atom. The van der Waals surface area contributed by atoms with Crippen molar-refractivity contribution in [2.24, 2.45) is 5.92 Å². The highest BCUT2D eigenvalue weighted by Gasteiger charge is 2.23. The van der Waals surface area contributed by atoms with Crippen LogP contribution in [0.4, 0.5) is 0 Å². The molecule has 0 radical (unpaired) electrons. The van der Waals surface area contributed by atoms with Crippen molar-refractivity contribution in [1.29, 1.82) is 0 Å². The average molecular weight is 199 g/mol. The van der Waals surface area contributed by atoms with Crippen LogP contribution in [0.5, 0.6) is 0 Å². The van der Waals surface area contributed by atoms with Gasteiger partial charge in [-0.05, 0) is 32.2 Å². The van der Waals surface area contributed by atoms with Crippen LogP contribution in [-0.4, -0.2) is 37.1 Å². The molecule has 0 aliphatic carbocycles. The van der Waals surface area contributed by atoms with Crippen LogP contribution < -0.4 is 0 Å². The lowest BCUT2D eigenvalue weighted by molar-refractivity contribution is -0.144. The molecule has 1 fully saturated rings. The van der Waals surface area contributed by atoms with Gasteiger partial charge in [-0.15, -0.1) is 0 Å². The molecular formula is C11H21NO2. The van der Waals surface area contributed by atoms with Crippen LogP contribution in [0.2, 0.25) is 0 Å². The molecule has 0 aromatic heterocycles. The van der Waals surface area contributed by atoms with Crippen molar-refractivity contribution in [3.63, 3.8) is 0 Å². The van der Waals surface area contributed by atoms with E-state index in [9.17, 15) is 4.79 Å². The molecule has 0 spiro atoms. The van der Waals surface area contributed by atoms with Crippen LogP contribution in [0.15, 0.2) is 0 Å². The van der Waals surface area contributed by atoms with Gasteiger partial charge in [0.25, 0.3) is 0 Å². The summed E-state index contributed by atoms with van der Waals surface area (Å²) in [5, 5.41) is 0. The third-order valence-corrected chi connectivity index (χ3v) is 2.72. The van der Waals surface area contributed by atoms with Gasteiger partial charge >= 0.3 is 5.97 Å². The van der Waals surface area contributed by atoms with Crippen LogP contribution in [0.3, 0.4) is 0 Å². The molecule has 3 heteroatoms. The average Bonchev–Trinajstić information content (AvgIpc) is 2.53. The van der Waals surface area contributed by atoms with E-state index >= 15 is 0 Å². The normalized spacial score (nSPS) is 22.6. The zero-order valence-electron chi connectivity index (χ0n) is 9.29. The predicted octanol–water partition coefficient (Wildman–Crippen LogP) is 1.67. The zero-order valence-corrected chi connectivity index (χ0v) is 9.29. The molecule has 14 heavy (non-hydrogen) atoms. The van der Waals surface area contributed by atoms with Gasteiger partial charge in [0.1, 0.15) is 0 Å². The fourth-order valence-electron chi connectivity index (χ4n) is 2.09. The van der Waals surface area contributed by atoms with Crippen molar-refractivity contribution in [2.75, 3.05) is 26.2 Å². The lowest BCUT2D eigenvalue weighted by Gasteiger charge is -2.14. The Bertz CT molecular complexity index is 182. The molecule has 0 N–H and O–H groups in total. The number of hydrogen-bond donors (Lipinski definition) is 0. The fourth-order valence-corrected chi connectivity index (χ4v) is 2.09. The van der Waals surface area contributed by atoms with Crippen LogP contribution in [-0.2, 0) is 9.53 Å². The molecule has 1 rings (SSSR count). The summed E-state index contributed by atoms with van der Waals surface area (Å²) in [6, 6.07) is 0. The van der Waals surface area contributed by atoms with E-state index in [1.807, 2.05) is 6.92 Å². The minimum atomic E-state index is -0.0790. The second-order valence-corrected chi connectivity index (χ2v) is 3.98. The Hall–Kier alpha value is -0.570. The minimum Gasteiger partial charge on any atom is -0.465 e. The van der Waals surface area contributed by atoms with E-state index in [2.05, 4.69) is 11.8 Å². The fraction of sp³-hybridized carbons (Fsp3) is 0.909. The van der Waals surface area contributed by atoms with Gasteiger partial charge in [0.05, 0.1) is 13.2 Å². The molecule has 1 aliphatic heterocycles. The first-order valence-corrected chi connectivity index (χ1v) is 5.64. The molecule has 0 amide bonds. The second-order valence-electron chi connectivity index (χ2n) is 3.98. The first-order chi connectivity index (χ1) is 6.76. The third kappa shape index (κ3) is 3.66. The highest BCUT2D eigenvalue weighted by Crippen LogP contribution is 2.20. The number of carbonyl (C=O) groups excluding carboxylic acids is 1. The monoisotopic (exact) mass is 199 g/mol. The van der Waals surface area contributed by atoms with Gasteiger partial charge in [-0.3, -0.25) is 9.69 Å². The number of rotatable bonds is 5. The summed E-state index contributed by atoms with van der Waals surface area (Å²) in [6.45, 7) is 7.17. The van der Waals surface area contributed by atoms with Crippen molar-refractivity contribution < 1.29 is 9.53 Å². The Balaban J connectivity index is 2.18. The lowest BCUT2D eigenvalue weighted by atomic mass is 10.0. The molecule has 1 heterocycles. The van der Waals surface area contributed by atoms with Gasteiger partial charge in [-0.1, -0.05) is 13.3 Å². The van der Waals surface area contributed by atoms with Crippen LogP contribution in [0.1, 0.15) is 33.1 Å². The molecule has 0 saturated carbocycles. The summed E-state index contributed by atoms with van der Waals surface area (Å²) in [6.07, 6.45) is 3.78. The smallest absolute Gasteiger partial charge is 0.320 e. The van der Waals surface area contributed by atoms with Crippen molar-refractivity contribution in [3.8, 4) is 0 Å². The van der Waals surface area contributed by atoms with Gasteiger partial charge in [-0.2, -0.15) is 0 Å². The maximum Gasteiger partial charge on any atom is 0.320 e. The van der Waals surface area contributed by atoms with E-state index in [1.165, 1.54) is 19.3 Å². The molecular weight excluding hydrogens is 178 g/mol. The van der Waals surface area contributed by atoms with E-state index < -0.39 is 0 Å². The number of carbonyl (C=O) groups is 1. The Morgan fingerprint density at radius 3 is 2.93 bits per heavy atom. The maximum absolute atomic E-state index is 11.2.